The number of carbonyl (C=O) groups is 1. The van der Waals surface area contributed by atoms with Crippen LogP contribution in [0.5, 0.6) is 0 Å². The van der Waals surface area contributed by atoms with E-state index in [0.717, 1.165) is 30.4 Å². The zero-order valence-electron chi connectivity index (χ0n) is 10.7. The van der Waals surface area contributed by atoms with Gasteiger partial charge in [0.25, 0.3) is 0 Å². The molecule has 0 fully saturated rings. The molecule has 0 aliphatic heterocycles. The molecule has 4 heteroatoms. The Morgan fingerprint density at radius 1 is 1.33 bits per heavy atom. The summed E-state index contributed by atoms with van der Waals surface area (Å²) in [6.07, 6.45) is 3.04. The van der Waals surface area contributed by atoms with E-state index in [1.807, 2.05) is 31.2 Å². The van der Waals surface area contributed by atoms with Gasteiger partial charge in [0, 0.05) is 6.54 Å². The van der Waals surface area contributed by atoms with E-state index in [1.54, 1.807) is 0 Å². The Kier molecular flexibility index (Phi) is 6.36. The monoisotopic (exact) mass is 264 g/mol. The van der Waals surface area contributed by atoms with Crippen LogP contribution in [0.1, 0.15) is 30.4 Å². The summed E-state index contributed by atoms with van der Waals surface area (Å²) >= 11 is 4.79. The predicted molar refractivity (Wildman–Crippen MR) is 78.5 cm³/mol. The van der Waals surface area contributed by atoms with E-state index in [0.29, 0.717) is 18.0 Å². The van der Waals surface area contributed by atoms with E-state index in [2.05, 4.69) is 5.32 Å². The summed E-state index contributed by atoms with van der Waals surface area (Å²) in [5.41, 5.74) is 7.63. The number of hydrogen-bond acceptors (Lipinski definition) is 2. The fourth-order valence-corrected chi connectivity index (χ4v) is 1.84. The van der Waals surface area contributed by atoms with Crippen LogP contribution in [-0.4, -0.2) is 17.4 Å². The molecule has 0 aliphatic carbocycles. The summed E-state index contributed by atoms with van der Waals surface area (Å²) in [6, 6.07) is 7.94. The number of rotatable bonds is 7. The lowest BCUT2D eigenvalue weighted by atomic mass is 10.1. The average Bonchev–Trinajstić information content (AvgIpc) is 2.31. The van der Waals surface area contributed by atoms with Crippen LogP contribution >= 0.6 is 12.2 Å². The molecule has 3 nitrogen and oxygen atoms in total. The Morgan fingerprint density at radius 3 is 2.72 bits per heavy atom. The second kappa shape index (κ2) is 7.82. The third-order valence-corrected chi connectivity index (χ3v) is 2.99. The van der Waals surface area contributed by atoms with Crippen LogP contribution < -0.4 is 11.1 Å². The van der Waals surface area contributed by atoms with Crippen LogP contribution in [0.2, 0.25) is 0 Å². The largest absolute Gasteiger partial charge is 0.393 e. The number of benzene rings is 1. The summed E-state index contributed by atoms with van der Waals surface area (Å²) in [6.45, 7) is 2.71. The second-order valence-corrected chi connectivity index (χ2v) is 4.90. The van der Waals surface area contributed by atoms with Crippen molar-refractivity contribution in [3.8, 4) is 0 Å². The number of hydrogen-bond donors (Lipinski definition) is 2. The SMILES string of the molecule is Cc1ccccc1CC(=O)NCCCCC(N)=S. The number of thiocarbonyl (C=S) groups is 1. The molecular weight excluding hydrogens is 244 g/mol. The van der Waals surface area contributed by atoms with E-state index in [9.17, 15) is 4.79 Å². The topological polar surface area (TPSA) is 55.1 Å². The highest BCUT2D eigenvalue weighted by Gasteiger charge is 2.04. The van der Waals surface area contributed by atoms with Crippen molar-refractivity contribution in [1.82, 2.24) is 5.32 Å². The molecule has 98 valence electrons. The molecule has 0 radical (unpaired) electrons. The lowest BCUT2D eigenvalue weighted by Crippen LogP contribution is -2.26. The Balaban J connectivity index is 2.22. The van der Waals surface area contributed by atoms with Gasteiger partial charge in [-0.25, -0.2) is 0 Å². The molecule has 0 aromatic heterocycles. The first kappa shape index (κ1) is 14.6. The summed E-state index contributed by atoms with van der Waals surface area (Å²) in [7, 11) is 0. The minimum Gasteiger partial charge on any atom is -0.393 e. The standard InChI is InChI=1S/C14H20N2OS/c1-11-6-2-3-7-12(11)10-14(17)16-9-5-4-8-13(15)18/h2-3,6-7H,4-5,8-10H2,1H3,(H2,15,18)(H,16,17). The number of unbranched alkanes of at least 4 members (excludes halogenated alkanes) is 1. The molecule has 1 rings (SSSR count). The number of aryl methyl sites for hydroxylation is 1. The van der Waals surface area contributed by atoms with Crippen LogP contribution in [0.15, 0.2) is 24.3 Å². The van der Waals surface area contributed by atoms with Crippen molar-refractivity contribution in [2.24, 2.45) is 5.73 Å². The maximum Gasteiger partial charge on any atom is 0.224 e. The molecule has 1 aromatic carbocycles. The Morgan fingerprint density at radius 2 is 2.06 bits per heavy atom. The van der Waals surface area contributed by atoms with Crippen molar-refractivity contribution >= 4 is 23.1 Å². The Labute approximate surface area is 114 Å². The zero-order valence-corrected chi connectivity index (χ0v) is 11.6. The zero-order chi connectivity index (χ0) is 13.4. The number of nitrogens with two attached hydrogens (primary N) is 1. The summed E-state index contributed by atoms with van der Waals surface area (Å²) < 4.78 is 0. The van der Waals surface area contributed by atoms with Gasteiger partial charge >= 0.3 is 0 Å². The summed E-state index contributed by atoms with van der Waals surface area (Å²) in [5, 5.41) is 2.91. The van der Waals surface area contributed by atoms with Gasteiger partial charge in [-0.2, -0.15) is 0 Å². The van der Waals surface area contributed by atoms with E-state index < -0.39 is 0 Å². The molecule has 0 unspecified atom stereocenters. The van der Waals surface area contributed by atoms with Gasteiger partial charge in [-0.15, -0.1) is 0 Å². The highest BCUT2D eigenvalue weighted by Crippen LogP contribution is 2.07. The highest BCUT2D eigenvalue weighted by atomic mass is 32.1. The minimum absolute atomic E-state index is 0.0691. The lowest BCUT2D eigenvalue weighted by Gasteiger charge is -2.07. The Bertz CT molecular complexity index is 418. The molecular formula is C14H20N2OS. The van der Waals surface area contributed by atoms with Crippen LogP contribution in [0, 0.1) is 6.92 Å². The van der Waals surface area contributed by atoms with Crippen LogP contribution in [0.25, 0.3) is 0 Å². The van der Waals surface area contributed by atoms with Gasteiger partial charge in [-0.1, -0.05) is 36.5 Å². The second-order valence-electron chi connectivity index (χ2n) is 4.38. The maximum atomic E-state index is 11.7. The number of nitrogens with one attached hydrogen (secondary N) is 1. The number of carbonyl (C=O) groups excluding carboxylic acids is 1. The third-order valence-electron chi connectivity index (χ3n) is 2.78. The maximum absolute atomic E-state index is 11.7. The van der Waals surface area contributed by atoms with Crippen molar-refractivity contribution in [3.05, 3.63) is 35.4 Å². The van der Waals surface area contributed by atoms with Crippen molar-refractivity contribution < 1.29 is 4.79 Å². The van der Waals surface area contributed by atoms with E-state index in [-0.39, 0.29) is 5.91 Å². The quantitative estimate of drug-likeness (QED) is 0.586. The van der Waals surface area contributed by atoms with Crippen molar-refractivity contribution in [1.29, 1.82) is 0 Å². The molecule has 0 aliphatic rings. The first-order valence-electron chi connectivity index (χ1n) is 6.19. The van der Waals surface area contributed by atoms with Crippen molar-refractivity contribution in [3.63, 3.8) is 0 Å². The number of amides is 1. The fourth-order valence-electron chi connectivity index (χ4n) is 1.70. The van der Waals surface area contributed by atoms with Crippen molar-refractivity contribution in [2.45, 2.75) is 32.6 Å². The first-order chi connectivity index (χ1) is 8.59. The van der Waals surface area contributed by atoms with E-state index >= 15 is 0 Å². The minimum atomic E-state index is 0.0691. The predicted octanol–water partition coefficient (Wildman–Crippen LogP) is 2.11. The molecule has 0 saturated heterocycles. The molecule has 1 aromatic rings. The molecule has 0 saturated carbocycles. The average molecular weight is 264 g/mol. The lowest BCUT2D eigenvalue weighted by molar-refractivity contribution is -0.120. The van der Waals surface area contributed by atoms with Gasteiger partial charge in [-0.05, 0) is 37.3 Å². The van der Waals surface area contributed by atoms with Gasteiger partial charge in [0.05, 0.1) is 11.4 Å². The fraction of sp³-hybridized carbons (Fsp3) is 0.429. The summed E-state index contributed by atoms with van der Waals surface area (Å²) in [4.78, 5) is 12.2. The van der Waals surface area contributed by atoms with Gasteiger partial charge in [0.1, 0.15) is 0 Å². The summed E-state index contributed by atoms with van der Waals surface area (Å²) in [5.74, 6) is 0.0691. The highest BCUT2D eigenvalue weighted by molar-refractivity contribution is 7.80. The molecule has 0 bridgehead atoms. The van der Waals surface area contributed by atoms with Gasteiger partial charge in [-0.3, -0.25) is 4.79 Å². The van der Waals surface area contributed by atoms with Gasteiger partial charge < -0.3 is 11.1 Å². The third kappa shape index (κ3) is 5.77. The van der Waals surface area contributed by atoms with Crippen LogP contribution in [0.4, 0.5) is 0 Å². The first-order valence-corrected chi connectivity index (χ1v) is 6.60. The van der Waals surface area contributed by atoms with Crippen LogP contribution in [0.3, 0.4) is 0 Å². The normalized spacial score (nSPS) is 10.1. The molecule has 0 atom stereocenters. The smallest absolute Gasteiger partial charge is 0.224 e. The molecule has 18 heavy (non-hydrogen) atoms. The van der Waals surface area contributed by atoms with Gasteiger partial charge in [0.15, 0.2) is 0 Å². The van der Waals surface area contributed by atoms with E-state index in [4.69, 9.17) is 18.0 Å². The Hall–Kier alpha value is -1.42. The molecule has 0 heterocycles. The van der Waals surface area contributed by atoms with E-state index in [1.165, 1.54) is 0 Å². The molecule has 0 spiro atoms. The van der Waals surface area contributed by atoms with Gasteiger partial charge in [0.2, 0.25) is 5.91 Å². The molecule has 3 N–H and O–H groups in total. The van der Waals surface area contributed by atoms with Crippen molar-refractivity contribution in [2.75, 3.05) is 6.54 Å². The molecule has 1 amide bonds. The van der Waals surface area contributed by atoms with Crippen LogP contribution in [-0.2, 0) is 11.2 Å².